The highest BCUT2D eigenvalue weighted by Crippen LogP contribution is 2.23. The molecule has 1 fully saturated rings. The average Bonchev–Trinajstić information content (AvgIpc) is 2.86. The molecule has 3 nitrogen and oxygen atoms in total. The van der Waals surface area contributed by atoms with E-state index in [1.54, 1.807) is 7.11 Å². The van der Waals surface area contributed by atoms with Gasteiger partial charge in [-0.3, -0.25) is 4.79 Å². The minimum atomic E-state index is 0.111. The SMILES string of the molecule is COC1CCN(C(=O)c2ccc(C(C)(C)C)cc2)C1. The van der Waals surface area contributed by atoms with Crippen molar-refractivity contribution in [3.63, 3.8) is 0 Å². The van der Waals surface area contributed by atoms with Gasteiger partial charge in [0.25, 0.3) is 5.91 Å². The molecule has 0 bridgehead atoms. The predicted molar refractivity (Wildman–Crippen MR) is 76.5 cm³/mol. The zero-order valence-corrected chi connectivity index (χ0v) is 12.3. The number of ether oxygens (including phenoxy) is 1. The van der Waals surface area contributed by atoms with Crippen LogP contribution < -0.4 is 0 Å². The molecule has 1 heterocycles. The van der Waals surface area contributed by atoms with Gasteiger partial charge >= 0.3 is 0 Å². The molecule has 1 aliphatic rings. The molecule has 1 atom stereocenters. The Bertz CT molecular complexity index is 445. The molecule has 1 saturated heterocycles. The number of methoxy groups -OCH3 is 1. The average molecular weight is 261 g/mol. The van der Waals surface area contributed by atoms with Gasteiger partial charge in [0, 0.05) is 25.8 Å². The van der Waals surface area contributed by atoms with Gasteiger partial charge in [0.2, 0.25) is 0 Å². The highest BCUT2D eigenvalue weighted by molar-refractivity contribution is 5.94. The van der Waals surface area contributed by atoms with Crippen LogP contribution in [0.5, 0.6) is 0 Å². The third kappa shape index (κ3) is 3.16. The zero-order chi connectivity index (χ0) is 14.0. The molecule has 0 aromatic heterocycles. The highest BCUT2D eigenvalue weighted by Gasteiger charge is 2.26. The van der Waals surface area contributed by atoms with Crippen LogP contribution >= 0.6 is 0 Å². The summed E-state index contributed by atoms with van der Waals surface area (Å²) in [4.78, 5) is 14.2. The second-order valence-electron chi connectivity index (χ2n) is 6.22. The van der Waals surface area contributed by atoms with E-state index in [9.17, 15) is 4.79 Å². The van der Waals surface area contributed by atoms with E-state index in [1.807, 2.05) is 17.0 Å². The van der Waals surface area contributed by atoms with E-state index in [4.69, 9.17) is 4.74 Å². The third-order valence-electron chi connectivity index (χ3n) is 3.76. The lowest BCUT2D eigenvalue weighted by molar-refractivity contribution is 0.0724. The maximum atomic E-state index is 12.3. The molecule has 1 aliphatic heterocycles. The highest BCUT2D eigenvalue weighted by atomic mass is 16.5. The number of likely N-dealkylation sites (tertiary alicyclic amines) is 1. The Kier molecular flexibility index (Phi) is 3.95. The smallest absolute Gasteiger partial charge is 0.253 e. The lowest BCUT2D eigenvalue weighted by Crippen LogP contribution is -2.30. The molecular weight excluding hydrogens is 238 g/mol. The summed E-state index contributed by atoms with van der Waals surface area (Å²) in [6, 6.07) is 7.97. The molecule has 1 aromatic carbocycles. The van der Waals surface area contributed by atoms with Gasteiger partial charge < -0.3 is 9.64 Å². The van der Waals surface area contributed by atoms with E-state index in [2.05, 4.69) is 32.9 Å². The Morgan fingerprint density at radius 1 is 1.26 bits per heavy atom. The van der Waals surface area contributed by atoms with E-state index < -0.39 is 0 Å². The van der Waals surface area contributed by atoms with Gasteiger partial charge in [-0.25, -0.2) is 0 Å². The Hall–Kier alpha value is -1.35. The first kappa shape index (κ1) is 14.1. The minimum Gasteiger partial charge on any atom is -0.380 e. The quantitative estimate of drug-likeness (QED) is 0.819. The number of hydrogen-bond acceptors (Lipinski definition) is 2. The zero-order valence-electron chi connectivity index (χ0n) is 12.3. The molecule has 1 unspecified atom stereocenters. The van der Waals surface area contributed by atoms with E-state index in [1.165, 1.54) is 5.56 Å². The Labute approximate surface area is 115 Å². The molecule has 1 aromatic rings. The Balaban J connectivity index is 2.08. The van der Waals surface area contributed by atoms with Gasteiger partial charge in [-0.2, -0.15) is 0 Å². The fraction of sp³-hybridized carbons (Fsp3) is 0.562. The molecule has 0 N–H and O–H groups in total. The van der Waals surface area contributed by atoms with Crippen LogP contribution in [0.1, 0.15) is 43.1 Å². The van der Waals surface area contributed by atoms with Crippen LogP contribution in [0.2, 0.25) is 0 Å². The summed E-state index contributed by atoms with van der Waals surface area (Å²) in [7, 11) is 1.71. The summed E-state index contributed by atoms with van der Waals surface area (Å²) >= 11 is 0. The van der Waals surface area contributed by atoms with Crippen LogP contribution in [0.15, 0.2) is 24.3 Å². The molecule has 0 aliphatic carbocycles. The first-order valence-electron chi connectivity index (χ1n) is 6.84. The Morgan fingerprint density at radius 3 is 2.37 bits per heavy atom. The van der Waals surface area contributed by atoms with Gasteiger partial charge in [0.05, 0.1) is 6.10 Å². The number of carbonyl (C=O) groups is 1. The maximum Gasteiger partial charge on any atom is 0.253 e. The molecule has 0 saturated carbocycles. The number of rotatable bonds is 2. The van der Waals surface area contributed by atoms with E-state index in [0.29, 0.717) is 6.54 Å². The van der Waals surface area contributed by atoms with Crippen molar-refractivity contribution < 1.29 is 9.53 Å². The molecule has 3 heteroatoms. The number of nitrogens with zero attached hydrogens (tertiary/aromatic N) is 1. The number of amides is 1. The van der Waals surface area contributed by atoms with Crippen LogP contribution in [-0.2, 0) is 10.2 Å². The number of carbonyl (C=O) groups excluding carboxylic acids is 1. The van der Waals surface area contributed by atoms with Crippen LogP contribution in [-0.4, -0.2) is 37.1 Å². The second-order valence-corrected chi connectivity index (χ2v) is 6.22. The normalized spacial score (nSPS) is 19.8. The summed E-state index contributed by atoms with van der Waals surface area (Å²) in [5, 5.41) is 0. The summed E-state index contributed by atoms with van der Waals surface area (Å²) in [6.45, 7) is 8.02. The van der Waals surface area contributed by atoms with Gasteiger partial charge in [-0.05, 0) is 29.5 Å². The van der Waals surface area contributed by atoms with E-state index in [-0.39, 0.29) is 17.4 Å². The number of hydrogen-bond donors (Lipinski definition) is 0. The fourth-order valence-corrected chi connectivity index (χ4v) is 2.40. The number of benzene rings is 1. The van der Waals surface area contributed by atoms with Gasteiger partial charge in [0.15, 0.2) is 0 Å². The van der Waals surface area contributed by atoms with Crippen LogP contribution in [0.4, 0.5) is 0 Å². The molecule has 19 heavy (non-hydrogen) atoms. The topological polar surface area (TPSA) is 29.5 Å². The van der Waals surface area contributed by atoms with Crippen molar-refractivity contribution in [2.45, 2.75) is 38.7 Å². The molecule has 0 spiro atoms. The van der Waals surface area contributed by atoms with Crippen molar-refractivity contribution in [2.24, 2.45) is 0 Å². The molecule has 2 rings (SSSR count). The predicted octanol–water partition coefficient (Wildman–Crippen LogP) is 2.85. The van der Waals surface area contributed by atoms with Crippen molar-refractivity contribution in [1.29, 1.82) is 0 Å². The van der Waals surface area contributed by atoms with Gasteiger partial charge in [0.1, 0.15) is 0 Å². The lowest BCUT2D eigenvalue weighted by Gasteiger charge is -2.20. The summed E-state index contributed by atoms with van der Waals surface area (Å²) in [5.41, 5.74) is 2.14. The van der Waals surface area contributed by atoms with E-state index >= 15 is 0 Å². The minimum absolute atomic E-state index is 0.111. The van der Waals surface area contributed by atoms with Crippen molar-refractivity contribution in [3.8, 4) is 0 Å². The van der Waals surface area contributed by atoms with Gasteiger partial charge in [-0.1, -0.05) is 32.9 Å². The summed E-state index contributed by atoms with van der Waals surface area (Å²) in [6.07, 6.45) is 1.13. The van der Waals surface area contributed by atoms with Crippen LogP contribution in [0, 0.1) is 0 Å². The molecule has 0 radical (unpaired) electrons. The standard InChI is InChI=1S/C16H23NO2/c1-16(2,3)13-7-5-12(6-8-13)15(18)17-10-9-14(11-17)19-4/h5-8,14H,9-11H2,1-4H3. The summed E-state index contributed by atoms with van der Waals surface area (Å²) < 4.78 is 5.30. The summed E-state index contributed by atoms with van der Waals surface area (Å²) in [5.74, 6) is 0.111. The maximum absolute atomic E-state index is 12.3. The molecule has 1 amide bonds. The van der Waals surface area contributed by atoms with Gasteiger partial charge in [-0.15, -0.1) is 0 Å². The lowest BCUT2D eigenvalue weighted by atomic mass is 9.86. The van der Waals surface area contributed by atoms with Crippen molar-refractivity contribution in [1.82, 2.24) is 4.90 Å². The molecule has 104 valence electrons. The van der Waals surface area contributed by atoms with Crippen LogP contribution in [0.3, 0.4) is 0 Å². The molecular formula is C16H23NO2. The first-order valence-corrected chi connectivity index (χ1v) is 6.84. The first-order chi connectivity index (χ1) is 8.91. The fourth-order valence-electron chi connectivity index (χ4n) is 2.40. The Morgan fingerprint density at radius 2 is 1.89 bits per heavy atom. The largest absolute Gasteiger partial charge is 0.380 e. The van der Waals surface area contributed by atoms with Crippen molar-refractivity contribution >= 4 is 5.91 Å². The van der Waals surface area contributed by atoms with Crippen molar-refractivity contribution in [2.75, 3.05) is 20.2 Å². The third-order valence-corrected chi connectivity index (χ3v) is 3.76. The van der Waals surface area contributed by atoms with E-state index in [0.717, 1.165) is 18.5 Å². The van der Waals surface area contributed by atoms with Crippen molar-refractivity contribution in [3.05, 3.63) is 35.4 Å². The monoisotopic (exact) mass is 261 g/mol. The van der Waals surface area contributed by atoms with Crippen LogP contribution in [0.25, 0.3) is 0 Å². The second kappa shape index (κ2) is 5.33.